The maximum Gasteiger partial charge on any atom is 0.326 e. The predicted octanol–water partition coefficient (Wildman–Crippen LogP) is 2.04. The zero-order valence-corrected chi connectivity index (χ0v) is 13.2. The van der Waals surface area contributed by atoms with E-state index in [-0.39, 0.29) is 5.97 Å². The highest BCUT2D eigenvalue weighted by Crippen LogP contribution is 2.28. The third-order valence-electron chi connectivity index (χ3n) is 3.84. The van der Waals surface area contributed by atoms with E-state index in [1.807, 2.05) is 20.9 Å². The molecule has 0 aliphatic heterocycles. The molecule has 1 saturated carbocycles. The Balaban J connectivity index is 2.52. The lowest BCUT2D eigenvalue weighted by Gasteiger charge is -2.31. The van der Waals surface area contributed by atoms with Gasteiger partial charge in [-0.15, -0.1) is 0 Å². The molecule has 0 bridgehead atoms. The SMILES string of the molecule is CCOC(=O)C(C)(CCN(CC(C)C)C1CC1)NC. The standard InChI is InChI=1S/C15H30N2O2/c1-6-19-14(18)15(4,16-5)9-10-17(11-12(2)3)13-7-8-13/h12-13,16H,6-11H2,1-5H3. The van der Waals surface area contributed by atoms with E-state index in [2.05, 4.69) is 24.1 Å². The Labute approximate surface area is 117 Å². The molecule has 0 radical (unpaired) electrons. The summed E-state index contributed by atoms with van der Waals surface area (Å²) < 4.78 is 5.17. The molecule has 1 aliphatic carbocycles. The molecule has 0 spiro atoms. The van der Waals surface area contributed by atoms with Crippen LogP contribution in [-0.4, -0.2) is 49.2 Å². The monoisotopic (exact) mass is 270 g/mol. The average Bonchev–Trinajstić information content (AvgIpc) is 3.18. The van der Waals surface area contributed by atoms with Crippen LogP contribution in [0.5, 0.6) is 0 Å². The first kappa shape index (κ1) is 16.4. The highest BCUT2D eigenvalue weighted by Gasteiger charge is 2.36. The molecule has 0 amide bonds. The summed E-state index contributed by atoms with van der Waals surface area (Å²) in [5, 5.41) is 3.13. The summed E-state index contributed by atoms with van der Waals surface area (Å²) in [4.78, 5) is 14.5. The minimum absolute atomic E-state index is 0.141. The van der Waals surface area contributed by atoms with E-state index in [4.69, 9.17) is 4.74 Å². The number of esters is 1. The second-order valence-corrected chi connectivity index (χ2v) is 6.17. The number of nitrogens with zero attached hydrogens (tertiary/aromatic N) is 1. The smallest absolute Gasteiger partial charge is 0.326 e. The molecule has 1 unspecified atom stereocenters. The molecule has 0 aromatic rings. The van der Waals surface area contributed by atoms with Crippen molar-refractivity contribution in [2.24, 2.45) is 5.92 Å². The van der Waals surface area contributed by atoms with Crippen LogP contribution in [0.25, 0.3) is 0 Å². The summed E-state index contributed by atoms with van der Waals surface area (Å²) in [6, 6.07) is 0.741. The molecule has 4 heteroatoms. The summed E-state index contributed by atoms with van der Waals surface area (Å²) in [5.74, 6) is 0.529. The number of ether oxygens (including phenoxy) is 1. The maximum atomic E-state index is 12.0. The topological polar surface area (TPSA) is 41.6 Å². The van der Waals surface area contributed by atoms with Gasteiger partial charge in [0.1, 0.15) is 5.54 Å². The lowest BCUT2D eigenvalue weighted by Crippen LogP contribution is -2.51. The fourth-order valence-electron chi connectivity index (χ4n) is 2.32. The van der Waals surface area contributed by atoms with E-state index in [1.54, 1.807) is 0 Å². The van der Waals surface area contributed by atoms with Crippen molar-refractivity contribution in [2.45, 2.75) is 58.5 Å². The Morgan fingerprint density at radius 2 is 2.11 bits per heavy atom. The van der Waals surface area contributed by atoms with Crippen molar-refractivity contribution in [3.05, 3.63) is 0 Å². The van der Waals surface area contributed by atoms with Gasteiger partial charge >= 0.3 is 5.97 Å². The molecule has 112 valence electrons. The molecule has 1 aliphatic rings. The zero-order chi connectivity index (χ0) is 14.5. The zero-order valence-electron chi connectivity index (χ0n) is 13.2. The van der Waals surface area contributed by atoms with Gasteiger partial charge in [-0.05, 0) is 46.1 Å². The first-order valence-corrected chi connectivity index (χ1v) is 7.53. The highest BCUT2D eigenvalue weighted by atomic mass is 16.5. The van der Waals surface area contributed by atoms with Crippen LogP contribution in [0.4, 0.5) is 0 Å². The lowest BCUT2D eigenvalue weighted by molar-refractivity contribution is -0.150. The fraction of sp³-hybridized carbons (Fsp3) is 0.933. The molecule has 0 aromatic heterocycles. The molecule has 0 heterocycles. The Hall–Kier alpha value is -0.610. The molecule has 1 rings (SSSR count). The summed E-state index contributed by atoms with van der Waals surface area (Å²) in [6.45, 7) is 10.8. The number of hydrogen-bond acceptors (Lipinski definition) is 4. The molecule has 19 heavy (non-hydrogen) atoms. The maximum absolute atomic E-state index is 12.0. The third-order valence-corrected chi connectivity index (χ3v) is 3.84. The number of likely N-dealkylation sites (N-methyl/N-ethyl adjacent to an activating group) is 1. The fourth-order valence-corrected chi connectivity index (χ4v) is 2.32. The van der Waals surface area contributed by atoms with E-state index >= 15 is 0 Å². The number of carbonyl (C=O) groups is 1. The van der Waals surface area contributed by atoms with Crippen LogP contribution in [0.1, 0.15) is 47.0 Å². The first-order chi connectivity index (χ1) is 8.92. The molecule has 0 aromatic carbocycles. The van der Waals surface area contributed by atoms with Crippen molar-refractivity contribution in [3.8, 4) is 0 Å². The van der Waals surface area contributed by atoms with Crippen molar-refractivity contribution in [1.82, 2.24) is 10.2 Å². The Morgan fingerprint density at radius 3 is 2.53 bits per heavy atom. The number of rotatable bonds is 9. The molecule has 4 nitrogen and oxygen atoms in total. The van der Waals surface area contributed by atoms with Gasteiger partial charge < -0.3 is 15.0 Å². The van der Waals surface area contributed by atoms with Crippen molar-refractivity contribution >= 4 is 5.97 Å². The van der Waals surface area contributed by atoms with Gasteiger partial charge in [0, 0.05) is 19.1 Å². The average molecular weight is 270 g/mol. The van der Waals surface area contributed by atoms with E-state index in [1.165, 1.54) is 12.8 Å². The Morgan fingerprint density at radius 1 is 1.47 bits per heavy atom. The summed E-state index contributed by atoms with van der Waals surface area (Å²) in [5.41, 5.74) is -0.569. The number of carbonyl (C=O) groups excluding carboxylic acids is 1. The minimum Gasteiger partial charge on any atom is -0.465 e. The van der Waals surface area contributed by atoms with Crippen LogP contribution in [0.3, 0.4) is 0 Å². The van der Waals surface area contributed by atoms with Crippen LogP contribution in [-0.2, 0) is 9.53 Å². The molecule has 0 saturated heterocycles. The van der Waals surface area contributed by atoms with Gasteiger partial charge in [-0.25, -0.2) is 0 Å². The van der Waals surface area contributed by atoms with Gasteiger partial charge in [0.05, 0.1) is 6.61 Å². The van der Waals surface area contributed by atoms with Crippen LogP contribution < -0.4 is 5.32 Å². The van der Waals surface area contributed by atoms with Crippen LogP contribution in [0.15, 0.2) is 0 Å². The minimum atomic E-state index is -0.569. The van der Waals surface area contributed by atoms with Crippen molar-refractivity contribution in [2.75, 3.05) is 26.7 Å². The molecular formula is C15H30N2O2. The number of hydrogen-bond donors (Lipinski definition) is 1. The van der Waals surface area contributed by atoms with E-state index in [9.17, 15) is 4.79 Å². The van der Waals surface area contributed by atoms with Crippen molar-refractivity contribution in [3.63, 3.8) is 0 Å². The second kappa shape index (κ2) is 7.25. The van der Waals surface area contributed by atoms with Crippen LogP contribution in [0.2, 0.25) is 0 Å². The van der Waals surface area contributed by atoms with Gasteiger partial charge in [0.15, 0.2) is 0 Å². The van der Waals surface area contributed by atoms with Gasteiger partial charge in [0.2, 0.25) is 0 Å². The summed E-state index contributed by atoms with van der Waals surface area (Å²) >= 11 is 0. The normalized spacial score (nSPS) is 18.7. The van der Waals surface area contributed by atoms with E-state index < -0.39 is 5.54 Å². The van der Waals surface area contributed by atoms with Crippen molar-refractivity contribution < 1.29 is 9.53 Å². The van der Waals surface area contributed by atoms with Gasteiger partial charge in [-0.3, -0.25) is 4.79 Å². The Kier molecular flexibility index (Phi) is 6.27. The van der Waals surface area contributed by atoms with Gasteiger partial charge in [-0.1, -0.05) is 13.8 Å². The largest absolute Gasteiger partial charge is 0.465 e. The third kappa shape index (κ3) is 5.11. The highest BCUT2D eigenvalue weighted by molar-refractivity contribution is 5.80. The van der Waals surface area contributed by atoms with Crippen LogP contribution >= 0.6 is 0 Å². The predicted molar refractivity (Wildman–Crippen MR) is 78.1 cm³/mol. The van der Waals surface area contributed by atoms with Crippen LogP contribution in [0, 0.1) is 5.92 Å². The van der Waals surface area contributed by atoms with E-state index in [0.29, 0.717) is 12.5 Å². The number of nitrogens with one attached hydrogen (secondary N) is 1. The quantitative estimate of drug-likeness (QED) is 0.651. The first-order valence-electron chi connectivity index (χ1n) is 7.53. The molecule has 1 fully saturated rings. The summed E-state index contributed by atoms with van der Waals surface area (Å²) in [6.07, 6.45) is 3.41. The lowest BCUT2D eigenvalue weighted by atomic mass is 9.97. The van der Waals surface area contributed by atoms with Gasteiger partial charge in [-0.2, -0.15) is 0 Å². The van der Waals surface area contributed by atoms with Gasteiger partial charge in [0.25, 0.3) is 0 Å². The molecular weight excluding hydrogens is 240 g/mol. The Bertz CT molecular complexity index is 290. The van der Waals surface area contributed by atoms with Crippen molar-refractivity contribution in [1.29, 1.82) is 0 Å². The molecule has 1 atom stereocenters. The second-order valence-electron chi connectivity index (χ2n) is 6.17. The van der Waals surface area contributed by atoms with E-state index in [0.717, 1.165) is 25.6 Å². The summed E-state index contributed by atoms with van der Waals surface area (Å²) in [7, 11) is 1.83. The molecule has 1 N–H and O–H groups in total.